The Kier molecular flexibility index (Phi) is 6.55. The van der Waals surface area contributed by atoms with Crippen LogP contribution in [0.15, 0.2) is 53.4 Å². The number of hydrogen-bond acceptors (Lipinski definition) is 4. The number of nitrogens with one attached hydrogen (secondary N) is 1. The highest BCUT2D eigenvalue weighted by molar-refractivity contribution is 7.89. The summed E-state index contributed by atoms with van der Waals surface area (Å²) in [4.78, 5) is 12.3. The molecule has 2 aromatic rings. The van der Waals surface area contributed by atoms with Crippen molar-refractivity contribution in [1.29, 1.82) is 0 Å². The number of hydrogen-bond donors (Lipinski definition) is 2. The Morgan fingerprint density at radius 1 is 1.16 bits per heavy atom. The van der Waals surface area contributed by atoms with E-state index in [4.69, 9.17) is 9.88 Å². The van der Waals surface area contributed by atoms with Crippen molar-refractivity contribution in [3.05, 3.63) is 59.7 Å². The molecule has 0 aliphatic heterocycles. The van der Waals surface area contributed by atoms with E-state index in [0.717, 1.165) is 18.4 Å². The number of ether oxygens (including phenoxy) is 1. The van der Waals surface area contributed by atoms with Crippen LogP contribution in [-0.4, -0.2) is 20.9 Å². The number of primary sulfonamides is 1. The first-order valence-electron chi connectivity index (χ1n) is 8.03. The molecule has 6 nitrogen and oxygen atoms in total. The molecule has 0 saturated carbocycles. The fourth-order valence-electron chi connectivity index (χ4n) is 2.14. The molecule has 0 bridgehead atoms. The number of benzene rings is 2. The van der Waals surface area contributed by atoms with Crippen molar-refractivity contribution in [2.75, 3.05) is 6.61 Å². The Hall–Kier alpha value is -2.38. The molecular formula is C18H22N2O4S. The molecule has 3 N–H and O–H groups in total. The second-order valence-electron chi connectivity index (χ2n) is 5.60. The molecule has 2 rings (SSSR count). The number of amides is 1. The van der Waals surface area contributed by atoms with Crippen LogP contribution in [0.5, 0.6) is 5.75 Å². The van der Waals surface area contributed by atoms with Crippen LogP contribution < -0.4 is 15.2 Å². The SMILES string of the molecule is CCCCOc1cccc(C(=O)NCc2ccc(S(N)(=O)=O)cc2)c1. The summed E-state index contributed by atoms with van der Waals surface area (Å²) in [5.41, 5.74) is 1.28. The molecule has 0 atom stereocenters. The van der Waals surface area contributed by atoms with Gasteiger partial charge in [-0.1, -0.05) is 31.5 Å². The lowest BCUT2D eigenvalue weighted by molar-refractivity contribution is 0.0950. The third kappa shape index (κ3) is 5.88. The van der Waals surface area contributed by atoms with Gasteiger partial charge in [0.25, 0.3) is 5.91 Å². The minimum atomic E-state index is -3.71. The van der Waals surface area contributed by atoms with E-state index in [-0.39, 0.29) is 17.3 Å². The van der Waals surface area contributed by atoms with Gasteiger partial charge in [-0.2, -0.15) is 0 Å². The van der Waals surface area contributed by atoms with E-state index in [1.54, 1.807) is 30.3 Å². The van der Waals surface area contributed by atoms with Crippen molar-refractivity contribution in [1.82, 2.24) is 5.32 Å². The smallest absolute Gasteiger partial charge is 0.251 e. The quantitative estimate of drug-likeness (QED) is 0.705. The van der Waals surface area contributed by atoms with Crippen LogP contribution in [0.4, 0.5) is 0 Å². The first-order chi connectivity index (χ1) is 11.9. The molecule has 7 heteroatoms. The van der Waals surface area contributed by atoms with Crippen LogP contribution in [0.25, 0.3) is 0 Å². The average Bonchev–Trinajstić information content (AvgIpc) is 2.60. The van der Waals surface area contributed by atoms with E-state index in [1.807, 2.05) is 6.07 Å². The molecule has 0 aliphatic carbocycles. The molecule has 0 aliphatic rings. The van der Waals surface area contributed by atoms with Gasteiger partial charge in [0.1, 0.15) is 5.75 Å². The van der Waals surface area contributed by atoms with Gasteiger partial charge < -0.3 is 10.1 Å². The first kappa shape index (κ1) is 19.0. The Morgan fingerprint density at radius 3 is 2.52 bits per heavy atom. The van der Waals surface area contributed by atoms with Gasteiger partial charge in [-0.25, -0.2) is 13.6 Å². The highest BCUT2D eigenvalue weighted by atomic mass is 32.2. The lowest BCUT2D eigenvalue weighted by Crippen LogP contribution is -2.22. The summed E-state index contributed by atoms with van der Waals surface area (Å²) >= 11 is 0. The van der Waals surface area contributed by atoms with Crippen molar-refractivity contribution in [2.45, 2.75) is 31.2 Å². The Balaban J connectivity index is 1.95. The monoisotopic (exact) mass is 362 g/mol. The fourth-order valence-corrected chi connectivity index (χ4v) is 2.66. The summed E-state index contributed by atoms with van der Waals surface area (Å²) in [7, 11) is -3.71. The maximum absolute atomic E-state index is 12.2. The van der Waals surface area contributed by atoms with Crippen LogP contribution in [0.2, 0.25) is 0 Å². The molecule has 0 radical (unpaired) electrons. The molecule has 25 heavy (non-hydrogen) atoms. The van der Waals surface area contributed by atoms with Crippen LogP contribution in [0.3, 0.4) is 0 Å². The van der Waals surface area contributed by atoms with Gasteiger partial charge in [0.15, 0.2) is 0 Å². The molecule has 0 fully saturated rings. The van der Waals surface area contributed by atoms with Gasteiger partial charge in [-0.15, -0.1) is 0 Å². The molecule has 0 saturated heterocycles. The highest BCUT2D eigenvalue weighted by Crippen LogP contribution is 2.14. The largest absolute Gasteiger partial charge is 0.494 e. The zero-order valence-electron chi connectivity index (χ0n) is 14.1. The van der Waals surface area contributed by atoms with E-state index in [9.17, 15) is 13.2 Å². The van der Waals surface area contributed by atoms with Crippen molar-refractivity contribution in [3.8, 4) is 5.75 Å². The molecule has 2 aromatic carbocycles. The van der Waals surface area contributed by atoms with Gasteiger partial charge >= 0.3 is 0 Å². The Morgan fingerprint density at radius 2 is 1.88 bits per heavy atom. The molecule has 0 heterocycles. The molecule has 0 unspecified atom stereocenters. The predicted octanol–water partition coefficient (Wildman–Crippen LogP) is 2.44. The summed E-state index contributed by atoms with van der Waals surface area (Å²) in [5, 5.41) is 7.85. The van der Waals surface area contributed by atoms with Gasteiger partial charge in [-0.3, -0.25) is 4.79 Å². The van der Waals surface area contributed by atoms with E-state index >= 15 is 0 Å². The number of nitrogens with two attached hydrogens (primary N) is 1. The molecule has 0 spiro atoms. The normalized spacial score (nSPS) is 11.1. The van der Waals surface area contributed by atoms with Gasteiger partial charge in [-0.05, 0) is 42.3 Å². The fraction of sp³-hybridized carbons (Fsp3) is 0.278. The third-order valence-electron chi connectivity index (χ3n) is 3.57. The number of sulfonamides is 1. The van der Waals surface area contributed by atoms with Gasteiger partial charge in [0, 0.05) is 12.1 Å². The van der Waals surface area contributed by atoms with Crippen molar-refractivity contribution in [2.24, 2.45) is 5.14 Å². The lowest BCUT2D eigenvalue weighted by atomic mass is 10.2. The highest BCUT2D eigenvalue weighted by Gasteiger charge is 2.09. The number of rotatable bonds is 8. The van der Waals surface area contributed by atoms with Crippen LogP contribution in [0, 0.1) is 0 Å². The van der Waals surface area contributed by atoms with E-state index in [1.165, 1.54) is 12.1 Å². The molecule has 0 aromatic heterocycles. The standard InChI is InChI=1S/C18H22N2O4S/c1-2-3-11-24-16-6-4-5-15(12-16)18(21)20-13-14-7-9-17(10-8-14)25(19,22)23/h4-10,12H,2-3,11,13H2,1H3,(H,20,21)(H2,19,22,23). The Bertz CT molecular complexity index is 817. The van der Waals surface area contributed by atoms with Crippen molar-refractivity contribution in [3.63, 3.8) is 0 Å². The van der Waals surface area contributed by atoms with Gasteiger partial charge in [0.2, 0.25) is 10.0 Å². The maximum atomic E-state index is 12.2. The molecule has 134 valence electrons. The van der Waals surface area contributed by atoms with E-state index in [2.05, 4.69) is 12.2 Å². The number of carbonyl (C=O) groups is 1. The van der Waals surface area contributed by atoms with Gasteiger partial charge in [0.05, 0.1) is 11.5 Å². The maximum Gasteiger partial charge on any atom is 0.251 e. The lowest BCUT2D eigenvalue weighted by Gasteiger charge is -2.09. The Labute approximate surface area is 148 Å². The first-order valence-corrected chi connectivity index (χ1v) is 9.57. The van der Waals surface area contributed by atoms with Crippen LogP contribution in [0.1, 0.15) is 35.7 Å². The minimum absolute atomic E-state index is 0.0412. The van der Waals surface area contributed by atoms with Crippen molar-refractivity contribution >= 4 is 15.9 Å². The second-order valence-corrected chi connectivity index (χ2v) is 7.16. The molecular weight excluding hydrogens is 340 g/mol. The summed E-state index contributed by atoms with van der Waals surface area (Å²) in [6, 6.07) is 13.1. The number of unbranched alkanes of at least 4 members (excludes halogenated alkanes) is 1. The zero-order valence-corrected chi connectivity index (χ0v) is 14.9. The van der Waals surface area contributed by atoms with Crippen LogP contribution >= 0.6 is 0 Å². The summed E-state index contributed by atoms with van der Waals surface area (Å²) < 4.78 is 28.0. The summed E-state index contributed by atoms with van der Waals surface area (Å²) in [6.45, 7) is 2.99. The zero-order chi connectivity index (χ0) is 18.3. The van der Waals surface area contributed by atoms with Crippen molar-refractivity contribution < 1.29 is 17.9 Å². The van der Waals surface area contributed by atoms with Crippen LogP contribution in [-0.2, 0) is 16.6 Å². The van der Waals surface area contributed by atoms with E-state index < -0.39 is 10.0 Å². The average molecular weight is 362 g/mol. The molecule has 1 amide bonds. The summed E-state index contributed by atoms with van der Waals surface area (Å²) in [6.07, 6.45) is 2.01. The minimum Gasteiger partial charge on any atom is -0.494 e. The summed E-state index contributed by atoms with van der Waals surface area (Å²) in [5.74, 6) is 0.440. The topological polar surface area (TPSA) is 98.5 Å². The third-order valence-corrected chi connectivity index (χ3v) is 4.50. The number of carbonyl (C=O) groups excluding carboxylic acids is 1. The second kappa shape index (κ2) is 8.64. The predicted molar refractivity (Wildman–Crippen MR) is 95.8 cm³/mol. The van der Waals surface area contributed by atoms with E-state index in [0.29, 0.717) is 17.9 Å².